The lowest BCUT2D eigenvalue weighted by Gasteiger charge is -2.30. The van der Waals surface area contributed by atoms with Crippen LogP contribution >= 0.6 is 58.1 Å². The van der Waals surface area contributed by atoms with Gasteiger partial charge < -0.3 is 4.74 Å². The summed E-state index contributed by atoms with van der Waals surface area (Å²) in [6, 6.07) is 5.55. The summed E-state index contributed by atoms with van der Waals surface area (Å²) in [5, 5.41) is 13.1. The Morgan fingerprint density at radius 2 is 1.97 bits per heavy atom. The summed E-state index contributed by atoms with van der Waals surface area (Å²) in [6.07, 6.45) is 2.86. The molecule has 0 radical (unpaired) electrons. The molecule has 0 amide bonds. The minimum absolute atomic E-state index is 0.200. The molecule has 4 aromatic rings. The van der Waals surface area contributed by atoms with Gasteiger partial charge in [0, 0.05) is 27.1 Å². The zero-order chi connectivity index (χ0) is 21.0. The van der Waals surface area contributed by atoms with Gasteiger partial charge in [0.1, 0.15) is 4.83 Å². The van der Waals surface area contributed by atoms with E-state index >= 15 is 0 Å². The van der Waals surface area contributed by atoms with E-state index in [1.807, 2.05) is 24.5 Å². The van der Waals surface area contributed by atoms with Crippen molar-refractivity contribution in [3.8, 4) is 0 Å². The first kappa shape index (κ1) is 20.8. The fourth-order valence-corrected chi connectivity index (χ4v) is 7.05. The predicted octanol–water partition coefficient (Wildman–Crippen LogP) is 6.51. The first-order chi connectivity index (χ1) is 14.4. The van der Waals surface area contributed by atoms with Gasteiger partial charge in [0.05, 0.1) is 17.6 Å². The molecule has 1 aliphatic heterocycles. The maximum Gasteiger partial charge on any atom is 0.198 e. The number of hydrogen-bond acceptors (Lipinski definition) is 7. The molecule has 0 N–H and O–H groups in total. The van der Waals surface area contributed by atoms with Crippen LogP contribution in [0.1, 0.15) is 29.9 Å². The van der Waals surface area contributed by atoms with Crippen molar-refractivity contribution >= 4 is 73.9 Å². The van der Waals surface area contributed by atoms with Crippen molar-refractivity contribution < 1.29 is 4.74 Å². The molecule has 3 aromatic heterocycles. The Morgan fingerprint density at radius 3 is 2.70 bits per heavy atom. The average molecular weight is 497 g/mol. The van der Waals surface area contributed by atoms with Crippen molar-refractivity contribution in [3.63, 3.8) is 0 Å². The van der Waals surface area contributed by atoms with E-state index in [1.165, 1.54) is 10.4 Å². The van der Waals surface area contributed by atoms with E-state index in [9.17, 15) is 0 Å². The van der Waals surface area contributed by atoms with Gasteiger partial charge in [-0.15, -0.1) is 21.5 Å². The molecule has 0 spiro atoms. The second-order valence-electron chi connectivity index (χ2n) is 7.64. The topological polar surface area (TPSA) is 52.3 Å². The number of thiophene rings is 1. The molecule has 4 heterocycles. The van der Waals surface area contributed by atoms with Crippen LogP contribution in [0.2, 0.25) is 10.0 Å². The number of hydrogen-bond donors (Lipinski definition) is 0. The third-order valence-electron chi connectivity index (χ3n) is 5.10. The quantitative estimate of drug-likeness (QED) is 0.237. The van der Waals surface area contributed by atoms with E-state index in [0.29, 0.717) is 22.4 Å². The number of aromatic nitrogens is 4. The lowest BCUT2D eigenvalue weighted by Crippen LogP contribution is -2.31. The Bertz CT molecular complexity index is 1260. The van der Waals surface area contributed by atoms with Crippen LogP contribution in [0.15, 0.2) is 28.5 Å². The number of benzene rings is 1. The van der Waals surface area contributed by atoms with Crippen LogP contribution in [-0.4, -0.2) is 31.4 Å². The van der Waals surface area contributed by atoms with Gasteiger partial charge in [-0.05, 0) is 43.4 Å². The second-order valence-corrected chi connectivity index (χ2v) is 11.3. The summed E-state index contributed by atoms with van der Waals surface area (Å²) in [4.78, 5) is 7.17. The SMILES string of the molecule is CSc1nc2sc3c(c2c2nnc(SCc4c(Cl)cccc4Cl)n12)CC(C)(C)OC3. The van der Waals surface area contributed by atoms with Gasteiger partial charge in [-0.1, -0.05) is 52.8 Å². The number of ether oxygens (including phenoxy) is 1. The number of fused-ring (bicyclic) bond motifs is 5. The molecule has 0 saturated heterocycles. The highest BCUT2D eigenvalue weighted by Crippen LogP contribution is 2.41. The summed E-state index contributed by atoms with van der Waals surface area (Å²) in [5.74, 6) is 0.605. The van der Waals surface area contributed by atoms with Crippen molar-refractivity contribution in [1.29, 1.82) is 0 Å². The molecule has 1 aliphatic rings. The Morgan fingerprint density at radius 1 is 1.20 bits per heavy atom. The van der Waals surface area contributed by atoms with Crippen LogP contribution in [0.3, 0.4) is 0 Å². The lowest BCUT2D eigenvalue weighted by molar-refractivity contribution is -0.0379. The van der Waals surface area contributed by atoms with E-state index in [1.54, 1.807) is 34.9 Å². The normalized spacial score (nSPS) is 15.8. The van der Waals surface area contributed by atoms with Crippen molar-refractivity contribution in [1.82, 2.24) is 19.6 Å². The number of nitrogens with zero attached hydrogens (tertiary/aromatic N) is 4. The molecule has 30 heavy (non-hydrogen) atoms. The van der Waals surface area contributed by atoms with Crippen LogP contribution in [-0.2, 0) is 23.5 Å². The third kappa shape index (κ3) is 3.51. The first-order valence-electron chi connectivity index (χ1n) is 9.31. The minimum atomic E-state index is -0.200. The first-order valence-corrected chi connectivity index (χ1v) is 13.1. The Kier molecular flexibility index (Phi) is 5.44. The van der Waals surface area contributed by atoms with Gasteiger partial charge in [0.15, 0.2) is 16.0 Å². The van der Waals surface area contributed by atoms with Gasteiger partial charge in [-0.25, -0.2) is 9.38 Å². The summed E-state index contributed by atoms with van der Waals surface area (Å²) in [7, 11) is 0. The van der Waals surface area contributed by atoms with Crippen LogP contribution in [0, 0.1) is 0 Å². The lowest BCUT2D eigenvalue weighted by atomic mass is 9.94. The van der Waals surface area contributed by atoms with E-state index in [4.69, 9.17) is 32.9 Å². The average Bonchev–Trinajstić information content (AvgIpc) is 3.27. The Hall–Kier alpha value is -1.03. The minimum Gasteiger partial charge on any atom is -0.370 e. The molecule has 0 atom stereocenters. The van der Waals surface area contributed by atoms with Crippen LogP contribution < -0.4 is 0 Å². The summed E-state index contributed by atoms with van der Waals surface area (Å²) in [6.45, 7) is 4.86. The molecule has 0 bridgehead atoms. The largest absolute Gasteiger partial charge is 0.370 e. The second kappa shape index (κ2) is 7.83. The summed E-state index contributed by atoms with van der Waals surface area (Å²) >= 11 is 17.5. The highest BCUT2D eigenvalue weighted by atomic mass is 35.5. The van der Waals surface area contributed by atoms with E-state index in [0.717, 1.165) is 38.2 Å². The molecule has 0 saturated carbocycles. The summed E-state index contributed by atoms with van der Waals surface area (Å²) < 4.78 is 8.06. The Labute approximate surface area is 196 Å². The number of halogens is 2. The fourth-order valence-electron chi connectivity index (χ4n) is 3.63. The van der Waals surface area contributed by atoms with Crippen molar-refractivity contribution in [2.75, 3.05) is 6.26 Å². The zero-order valence-electron chi connectivity index (χ0n) is 16.5. The van der Waals surface area contributed by atoms with E-state index in [2.05, 4.69) is 28.4 Å². The Balaban J connectivity index is 1.63. The van der Waals surface area contributed by atoms with Crippen molar-refractivity contribution in [3.05, 3.63) is 44.2 Å². The maximum absolute atomic E-state index is 6.35. The fraction of sp³-hybridized carbons (Fsp3) is 0.350. The molecule has 0 aliphatic carbocycles. The molecule has 5 nitrogen and oxygen atoms in total. The monoisotopic (exact) mass is 496 g/mol. The highest BCUT2D eigenvalue weighted by Gasteiger charge is 2.31. The molecular weight excluding hydrogens is 479 g/mol. The zero-order valence-corrected chi connectivity index (χ0v) is 20.5. The number of thioether (sulfide) groups is 2. The van der Waals surface area contributed by atoms with Gasteiger partial charge in [0.2, 0.25) is 0 Å². The smallest absolute Gasteiger partial charge is 0.198 e. The van der Waals surface area contributed by atoms with E-state index < -0.39 is 0 Å². The maximum atomic E-state index is 6.35. The predicted molar refractivity (Wildman–Crippen MR) is 127 cm³/mol. The number of rotatable bonds is 4. The van der Waals surface area contributed by atoms with Crippen LogP contribution in [0.5, 0.6) is 0 Å². The molecule has 156 valence electrons. The van der Waals surface area contributed by atoms with Gasteiger partial charge in [-0.2, -0.15) is 0 Å². The van der Waals surface area contributed by atoms with Gasteiger partial charge in [-0.3, -0.25) is 0 Å². The molecular formula is C20H18Cl2N4OS3. The van der Waals surface area contributed by atoms with Crippen LogP contribution in [0.4, 0.5) is 0 Å². The van der Waals surface area contributed by atoms with Crippen LogP contribution in [0.25, 0.3) is 15.9 Å². The molecule has 0 fully saturated rings. The highest BCUT2D eigenvalue weighted by molar-refractivity contribution is 7.99. The molecule has 0 unspecified atom stereocenters. The van der Waals surface area contributed by atoms with Gasteiger partial charge in [0.25, 0.3) is 0 Å². The molecule has 5 rings (SSSR count). The molecule has 10 heteroatoms. The van der Waals surface area contributed by atoms with Gasteiger partial charge >= 0.3 is 0 Å². The van der Waals surface area contributed by atoms with Crippen molar-refractivity contribution in [2.24, 2.45) is 0 Å². The summed E-state index contributed by atoms with van der Waals surface area (Å²) in [5.41, 5.74) is 2.84. The molecule has 1 aromatic carbocycles. The van der Waals surface area contributed by atoms with E-state index in [-0.39, 0.29) is 5.60 Å². The van der Waals surface area contributed by atoms with Crippen molar-refractivity contribution in [2.45, 2.75) is 48.5 Å². The standard InChI is InChI=1S/C20H18Cl2N4OS3/c1-20(2)7-10-14(8-27-20)30-17-15(10)16-24-25-19(26(16)18(23-17)28-3)29-9-11-12(21)5-4-6-13(11)22/h4-6H,7-9H2,1-3H3. The third-order valence-corrected chi connectivity index (χ3v) is 8.51.